The first-order valence-corrected chi connectivity index (χ1v) is 6.79. The van der Waals surface area contributed by atoms with E-state index < -0.39 is 0 Å². The maximum atomic E-state index is 13.3. The second-order valence-electron chi connectivity index (χ2n) is 4.45. The van der Waals surface area contributed by atoms with Crippen molar-refractivity contribution in [3.8, 4) is 0 Å². The zero-order chi connectivity index (χ0) is 14.1. The van der Waals surface area contributed by atoms with Gasteiger partial charge < -0.3 is 10.1 Å². The lowest BCUT2D eigenvalue weighted by atomic mass is 10.0. The van der Waals surface area contributed by atoms with Gasteiger partial charge in [0.25, 0.3) is 0 Å². The fourth-order valence-electron chi connectivity index (χ4n) is 1.83. The van der Waals surface area contributed by atoms with Gasteiger partial charge in [0, 0.05) is 18.7 Å². The van der Waals surface area contributed by atoms with Crippen LogP contribution >= 0.6 is 0 Å². The molecule has 1 rings (SSSR count). The fraction of sp³-hybridized carbons (Fsp3) is 0.533. The molecule has 0 aliphatic carbocycles. The van der Waals surface area contributed by atoms with Crippen molar-refractivity contribution >= 4 is 5.97 Å². The summed E-state index contributed by atoms with van der Waals surface area (Å²) < 4.78 is 18.5. The molecule has 0 aliphatic rings. The molecule has 0 saturated heterocycles. The number of hydrogen-bond acceptors (Lipinski definition) is 3. The number of halogens is 1. The number of benzene rings is 1. The van der Waals surface area contributed by atoms with Gasteiger partial charge >= 0.3 is 5.97 Å². The Labute approximate surface area is 114 Å². The quantitative estimate of drug-likeness (QED) is 0.581. The van der Waals surface area contributed by atoms with Crippen LogP contribution < -0.4 is 5.32 Å². The number of carbonyl (C=O) groups excluding carboxylic acids is 1. The topological polar surface area (TPSA) is 38.3 Å². The maximum Gasteiger partial charge on any atom is 0.308 e. The van der Waals surface area contributed by atoms with Crippen molar-refractivity contribution in [1.82, 2.24) is 5.32 Å². The van der Waals surface area contributed by atoms with E-state index in [2.05, 4.69) is 5.32 Å². The molecule has 19 heavy (non-hydrogen) atoms. The molecular formula is C15H22FNO2. The van der Waals surface area contributed by atoms with Gasteiger partial charge in [0.1, 0.15) is 12.4 Å². The standard InChI is InChI=1S/C15H22FNO2/c1-3-12(4-2)15(18)19-10-9-17-11-13-7-5-6-8-14(13)16/h5-8,12,17H,3-4,9-11H2,1-2H3. The van der Waals surface area contributed by atoms with Crippen molar-refractivity contribution in [2.45, 2.75) is 33.2 Å². The van der Waals surface area contributed by atoms with Crippen LogP contribution in [0.4, 0.5) is 4.39 Å². The summed E-state index contributed by atoms with van der Waals surface area (Å²) in [6.45, 7) is 5.25. The summed E-state index contributed by atoms with van der Waals surface area (Å²) in [5.41, 5.74) is 0.619. The zero-order valence-electron chi connectivity index (χ0n) is 11.6. The lowest BCUT2D eigenvalue weighted by Gasteiger charge is -2.12. The van der Waals surface area contributed by atoms with Gasteiger partial charge in [0.05, 0.1) is 5.92 Å². The summed E-state index contributed by atoms with van der Waals surface area (Å²) in [6, 6.07) is 6.63. The highest BCUT2D eigenvalue weighted by atomic mass is 19.1. The lowest BCUT2D eigenvalue weighted by molar-refractivity contribution is -0.148. The highest BCUT2D eigenvalue weighted by molar-refractivity contribution is 5.72. The predicted molar refractivity (Wildman–Crippen MR) is 73.1 cm³/mol. The predicted octanol–water partition coefficient (Wildman–Crippen LogP) is 2.89. The Morgan fingerprint density at radius 1 is 1.32 bits per heavy atom. The molecule has 0 saturated carbocycles. The van der Waals surface area contributed by atoms with Gasteiger partial charge in [0.15, 0.2) is 0 Å². The molecule has 0 fully saturated rings. The molecule has 1 aromatic rings. The molecule has 0 aliphatic heterocycles. The molecule has 3 nitrogen and oxygen atoms in total. The van der Waals surface area contributed by atoms with Crippen molar-refractivity contribution in [3.05, 3.63) is 35.6 Å². The van der Waals surface area contributed by atoms with Gasteiger partial charge in [-0.25, -0.2) is 4.39 Å². The monoisotopic (exact) mass is 267 g/mol. The van der Waals surface area contributed by atoms with Crippen LogP contribution in [0, 0.1) is 11.7 Å². The highest BCUT2D eigenvalue weighted by Crippen LogP contribution is 2.09. The number of hydrogen-bond donors (Lipinski definition) is 1. The van der Waals surface area contributed by atoms with Crippen LogP contribution in [0.5, 0.6) is 0 Å². The van der Waals surface area contributed by atoms with Gasteiger partial charge in [-0.2, -0.15) is 0 Å². The van der Waals surface area contributed by atoms with Crippen molar-refractivity contribution in [1.29, 1.82) is 0 Å². The molecule has 0 bridgehead atoms. The van der Waals surface area contributed by atoms with Crippen LogP contribution in [0.15, 0.2) is 24.3 Å². The van der Waals surface area contributed by atoms with E-state index in [0.29, 0.717) is 25.3 Å². The number of nitrogens with one attached hydrogen (secondary N) is 1. The summed E-state index contributed by atoms with van der Waals surface area (Å²) >= 11 is 0. The van der Waals surface area contributed by atoms with Gasteiger partial charge in [-0.1, -0.05) is 32.0 Å². The minimum absolute atomic E-state index is 0.00781. The van der Waals surface area contributed by atoms with Crippen molar-refractivity contribution in [2.24, 2.45) is 5.92 Å². The summed E-state index contributed by atoms with van der Waals surface area (Å²) in [5.74, 6) is -0.367. The molecular weight excluding hydrogens is 245 g/mol. The average molecular weight is 267 g/mol. The second kappa shape index (κ2) is 8.64. The first-order valence-electron chi connectivity index (χ1n) is 6.79. The average Bonchev–Trinajstić information content (AvgIpc) is 2.42. The second-order valence-corrected chi connectivity index (χ2v) is 4.45. The molecule has 1 N–H and O–H groups in total. The van der Waals surface area contributed by atoms with Gasteiger partial charge in [0.2, 0.25) is 0 Å². The van der Waals surface area contributed by atoms with Crippen LogP contribution in [0.1, 0.15) is 32.3 Å². The lowest BCUT2D eigenvalue weighted by Crippen LogP contribution is -2.24. The molecule has 106 valence electrons. The third-order valence-corrected chi connectivity index (χ3v) is 3.12. The van der Waals surface area contributed by atoms with E-state index in [1.807, 2.05) is 13.8 Å². The van der Waals surface area contributed by atoms with Crippen LogP contribution in [-0.4, -0.2) is 19.1 Å². The van der Waals surface area contributed by atoms with Crippen molar-refractivity contribution < 1.29 is 13.9 Å². The Hall–Kier alpha value is -1.42. The van der Waals surface area contributed by atoms with E-state index in [9.17, 15) is 9.18 Å². The SMILES string of the molecule is CCC(CC)C(=O)OCCNCc1ccccc1F. The Balaban J connectivity index is 2.18. The highest BCUT2D eigenvalue weighted by Gasteiger charge is 2.14. The third-order valence-electron chi connectivity index (χ3n) is 3.12. The van der Waals surface area contributed by atoms with Crippen LogP contribution in [0.2, 0.25) is 0 Å². The minimum atomic E-state index is -0.218. The molecule has 0 aromatic heterocycles. The Kier molecular flexibility index (Phi) is 7.11. The summed E-state index contributed by atoms with van der Waals surface area (Å²) in [5, 5.41) is 3.06. The smallest absolute Gasteiger partial charge is 0.308 e. The first kappa shape index (κ1) is 15.6. The maximum absolute atomic E-state index is 13.3. The third kappa shape index (κ3) is 5.39. The summed E-state index contributed by atoms with van der Waals surface area (Å²) in [7, 11) is 0. The van der Waals surface area contributed by atoms with E-state index in [4.69, 9.17) is 4.74 Å². The van der Waals surface area contributed by atoms with Gasteiger partial charge in [-0.15, -0.1) is 0 Å². The molecule has 0 atom stereocenters. The molecule has 0 unspecified atom stereocenters. The summed E-state index contributed by atoms with van der Waals surface area (Å²) in [6.07, 6.45) is 1.61. The fourth-order valence-corrected chi connectivity index (χ4v) is 1.83. The van der Waals surface area contributed by atoms with E-state index in [-0.39, 0.29) is 17.7 Å². The van der Waals surface area contributed by atoms with Gasteiger partial charge in [-0.05, 0) is 18.9 Å². The molecule has 0 amide bonds. The van der Waals surface area contributed by atoms with Crippen molar-refractivity contribution in [2.75, 3.05) is 13.2 Å². The summed E-state index contributed by atoms with van der Waals surface area (Å²) in [4.78, 5) is 11.6. The van der Waals surface area contributed by atoms with Crippen LogP contribution in [0.3, 0.4) is 0 Å². The molecule has 4 heteroatoms. The Bertz CT molecular complexity index is 391. The molecule has 1 aromatic carbocycles. The van der Waals surface area contributed by atoms with E-state index in [1.54, 1.807) is 18.2 Å². The number of rotatable bonds is 8. The zero-order valence-corrected chi connectivity index (χ0v) is 11.6. The number of esters is 1. The largest absolute Gasteiger partial charge is 0.464 e. The number of ether oxygens (including phenoxy) is 1. The van der Waals surface area contributed by atoms with Crippen molar-refractivity contribution in [3.63, 3.8) is 0 Å². The van der Waals surface area contributed by atoms with E-state index >= 15 is 0 Å². The van der Waals surface area contributed by atoms with Crippen LogP contribution in [-0.2, 0) is 16.1 Å². The molecule has 0 spiro atoms. The van der Waals surface area contributed by atoms with Crippen LogP contribution in [0.25, 0.3) is 0 Å². The normalized spacial score (nSPS) is 10.7. The minimum Gasteiger partial charge on any atom is -0.464 e. The molecule has 0 radical (unpaired) electrons. The van der Waals surface area contributed by atoms with Gasteiger partial charge in [-0.3, -0.25) is 4.79 Å². The van der Waals surface area contributed by atoms with E-state index in [0.717, 1.165) is 12.8 Å². The first-order chi connectivity index (χ1) is 9.19. The van der Waals surface area contributed by atoms with E-state index in [1.165, 1.54) is 6.07 Å². The number of carbonyl (C=O) groups is 1. The Morgan fingerprint density at radius 3 is 2.63 bits per heavy atom. The Morgan fingerprint density at radius 2 is 2.00 bits per heavy atom. The molecule has 0 heterocycles.